The highest BCUT2D eigenvalue weighted by atomic mass is 16.5. The quantitative estimate of drug-likeness (QED) is 0.180. The Kier molecular flexibility index (Phi) is 7.06. The Bertz CT molecular complexity index is 2670. The summed E-state index contributed by atoms with van der Waals surface area (Å²) in [4.78, 5) is 4.80. The molecule has 2 heterocycles. The van der Waals surface area contributed by atoms with E-state index in [1.165, 1.54) is 55.4 Å². The number of anilines is 6. The lowest BCUT2D eigenvalue weighted by molar-refractivity contribution is 0.472. The molecular weight excluding hydrogens is 645 g/mol. The smallest absolute Gasteiger partial charge is 0.175 e. The molecular formula is C50H38N2O. The molecule has 254 valence electrons. The zero-order chi connectivity index (χ0) is 35.7. The summed E-state index contributed by atoms with van der Waals surface area (Å²) in [5.41, 5.74) is 14.8. The van der Waals surface area contributed by atoms with Gasteiger partial charge in [0, 0.05) is 16.8 Å². The molecule has 10 rings (SSSR count). The molecule has 0 aromatic heterocycles. The average molecular weight is 683 g/mol. The van der Waals surface area contributed by atoms with E-state index >= 15 is 0 Å². The molecule has 0 unspecified atom stereocenters. The summed E-state index contributed by atoms with van der Waals surface area (Å²) >= 11 is 0. The Morgan fingerprint density at radius 2 is 1.15 bits per heavy atom. The van der Waals surface area contributed by atoms with E-state index in [0.29, 0.717) is 0 Å². The molecule has 0 aliphatic carbocycles. The van der Waals surface area contributed by atoms with Gasteiger partial charge in [0.25, 0.3) is 0 Å². The van der Waals surface area contributed by atoms with E-state index in [-0.39, 0.29) is 5.41 Å². The highest BCUT2D eigenvalue weighted by Gasteiger charge is 2.43. The predicted octanol–water partition coefficient (Wildman–Crippen LogP) is 14.2. The monoisotopic (exact) mass is 682 g/mol. The van der Waals surface area contributed by atoms with Gasteiger partial charge in [-0.3, -0.25) is 0 Å². The van der Waals surface area contributed by atoms with Crippen molar-refractivity contribution in [2.75, 3.05) is 9.80 Å². The third-order valence-corrected chi connectivity index (χ3v) is 11.2. The van der Waals surface area contributed by atoms with Crippen LogP contribution in [0.5, 0.6) is 11.5 Å². The summed E-state index contributed by atoms with van der Waals surface area (Å²) in [6, 6.07) is 63.4. The van der Waals surface area contributed by atoms with E-state index in [1.807, 2.05) is 0 Å². The molecule has 0 radical (unpaired) electrons. The molecule has 0 N–H and O–H groups in total. The molecule has 0 spiro atoms. The third-order valence-electron chi connectivity index (χ3n) is 11.2. The van der Waals surface area contributed by atoms with Crippen LogP contribution in [-0.4, -0.2) is 0 Å². The Hall–Kier alpha value is -6.58. The van der Waals surface area contributed by atoms with Crippen LogP contribution in [-0.2, 0) is 5.41 Å². The van der Waals surface area contributed by atoms with E-state index in [4.69, 9.17) is 4.74 Å². The summed E-state index contributed by atoms with van der Waals surface area (Å²) in [6.45, 7) is 6.84. The van der Waals surface area contributed by atoms with Gasteiger partial charge in [-0.25, -0.2) is 0 Å². The minimum atomic E-state index is -0.235. The molecule has 0 fully saturated rings. The van der Waals surface area contributed by atoms with Crippen molar-refractivity contribution in [1.82, 2.24) is 0 Å². The number of hydrogen-bond donors (Lipinski definition) is 0. The fourth-order valence-corrected chi connectivity index (χ4v) is 8.50. The number of benzene rings is 8. The van der Waals surface area contributed by atoms with Crippen molar-refractivity contribution in [1.29, 1.82) is 0 Å². The minimum Gasteiger partial charge on any atom is -0.451 e. The first kappa shape index (κ1) is 31.2. The number of nitrogens with zero attached hydrogens (tertiary/aromatic N) is 2. The molecule has 53 heavy (non-hydrogen) atoms. The molecule has 2 aliphatic rings. The molecule has 8 aromatic rings. The van der Waals surface area contributed by atoms with Crippen LogP contribution in [0, 0.1) is 6.92 Å². The molecule has 0 saturated carbocycles. The fourth-order valence-electron chi connectivity index (χ4n) is 8.50. The number of aryl methyl sites for hydroxylation is 1. The lowest BCUT2D eigenvalue weighted by Gasteiger charge is -2.46. The van der Waals surface area contributed by atoms with Gasteiger partial charge in [0.2, 0.25) is 0 Å². The van der Waals surface area contributed by atoms with Crippen molar-refractivity contribution in [2.24, 2.45) is 0 Å². The van der Waals surface area contributed by atoms with Crippen molar-refractivity contribution in [3.8, 4) is 33.8 Å². The van der Waals surface area contributed by atoms with Crippen LogP contribution in [0.25, 0.3) is 33.0 Å². The Balaban J connectivity index is 1.18. The fraction of sp³-hybridized carbons (Fsp3) is 0.0800. The Labute approximate surface area is 311 Å². The van der Waals surface area contributed by atoms with Crippen LogP contribution >= 0.6 is 0 Å². The molecule has 3 heteroatoms. The van der Waals surface area contributed by atoms with Crippen molar-refractivity contribution < 1.29 is 4.74 Å². The van der Waals surface area contributed by atoms with Gasteiger partial charge in [0.05, 0.1) is 22.7 Å². The second-order valence-corrected chi connectivity index (χ2v) is 14.6. The maximum absolute atomic E-state index is 7.12. The van der Waals surface area contributed by atoms with Crippen molar-refractivity contribution >= 4 is 44.9 Å². The van der Waals surface area contributed by atoms with E-state index in [1.54, 1.807) is 0 Å². The summed E-state index contributed by atoms with van der Waals surface area (Å²) in [6.07, 6.45) is 0. The van der Waals surface area contributed by atoms with Gasteiger partial charge < -0.3 is 14.5 Å². The maximum atomic E-state index is 7.12. The van der Waals surface area contributed by atoms with E-state index in [9.17, 15) is 0 Å². The molecule has 3 nitrogen and oxygen atoms in total. The van der Waals surface area contributed by atoms with Gasteiger partial charge in [-0.05, 0) is 99.1 Å². The standard InChI is InChI=1S/C50H38N2O/c1-33-13-11-22-46-47(33)52-44-21-10-9-20-42(44)50(2,3)43-31-32-45(49(53-46)48(43)52)51(38-27-23-35(24-28-38)34-14-5-4-6-15-34)39-29-25-37(26-30-39)41-19-12-17-36-16-7-8-18-40(36)41/h4-32H,1-3H3. The van der Waals surface area contributed by atoms with Crippen molar-refractivity contribution in [2.45, 2.75) is 26.2 Å². The second-order valence-electron chi connectivity index (χ2n) is 14.6. The van der Waals surface area contributed by atoms with E-state index < -0.39 is 0 Å². The first-order valence-electron chi connectivity index (χ1n) is 18.4. The third kappa shape index (κ3) is 4.88. The molecule has 0 bridgehead atoms. The largest absolute Gasteiger partial charge is 0.451 e. The number of para-hydroxylation sites is 2. The van der Waals surface area contributed by atoms with Crippen LogP contribution in [0.1, 0.15) is 30.5 Å². The highest BCUT2D eigenvalue weighted by Crippen LogP contribution is 2.63. The Morgan fingerprint density at radius 1 is 0.509 bits per heavy atom. The summed E-state index contributed by atoms with van der Waals surface area (Å²) in [7, 11) is 0. The summed E-state index contributed by atoms with van der Waals surface area (Å²) in [5.74, 6) is 1.71. The van der Waals surface area contributed by atoms with Gasteiger partial charge >= 0.3 is 0 Å². The molecule has 0 atom stereocenters. The van der Waals surface area contributed by atoms with Gasteiger partial charge in [-0.1, -0.05) is 147 Å². The Morgan fingerprint density at radius 3 is 1.94 bits per heavy atom. The zero-order valence-corrected chi connectivity index (χ0v) is 30.0. The van der Waals surface area contributed by atoms with Crippen molar-refractivity contribution in [3.05, 3.63) is 193 Å². The zero-order valence-electron chi connectivity index (χ0n) is 30.0. The molecule has 0 saturated heterocycles. The SMILES string of the molecule is Cc1cccc2c1N1c3ccccc3C(C)(C)c3ccc(N(c4ccc(-c5ccccc5)cc4)c4ccc(-c5cccc6ccccc56)cc4)c(c31)O2. The normalized spacial score (nSPS) is 13.5. The topological polar surface area (TPSA) is 15.7 Å². The molecule has 8 aromatic carbocycles. The number of fused-ring (bicyclic) bond motifs is 5. The first-order valence-corrected chi connectivity index (χ1v) is 18.4. The summed E-state index contributed by atoms with van der Waals surface area (Å²) < 4.78 is 7.12. The van der Waals surface area contributed by atoms with E-state index in [0.717, 1.165) is 39.9 Å². The molecule has 0 amide bonds. The summed E-state index contributed by atoms with van der Waals surface area (Å²) in [5, 5.41) is 2.49. The average Bonchev–Trinajstić information content (AvgIpc) is 3.21. The van der Waals surface area contributed by atoms with Crippen LogP contribution in [0.4, 0.5) is 34.1 Å². The number of rotatable bonds is 5. The van der Waals surface area contributed by atoms with Crippen LogP contribution in [0.3, 0.4) is 0 Å². The number of hydrogen-bond acceptors (Lipinski definition) is 3. The maximum Gasteiger partial charge on any atom is 0.175 e. The van der Waals surface area contributed by atoms with Gasteiger partial charge in [0.1, 0.15) is 0 Å². The van der Waals surface area contributed by atoms with Crippen LogP contribution < -0.4 is 14.5 Å². The van der Waals surface area contributed by atoms with Crippen LogP contribution in [0.2, 0.25) is 0 Å². The second kappa shape index (κ2) is 12.0. The number of ether oxygens (including phenoxy) is 1. The molecule has 2 aliphatic heterocycles. The lowest BCUT2D eigenvalue weighted by atomic mass is 9.73. The van der Waals surface area contributed by atoms with Crippen LogP contribution in [0.15, 0.2) is 176 Å². The van der Waals surface area contributed by atoms with Gasteiger partial charge in [-0.15, -0.1) is 0 Å². The van der Waals surface area contributed by atoms with Gasteiger partial charge in [0.15, 0.2) is 11.5 Å². The lowest BCUT2D eigenvalue weighted by Crippen LogP contribution is -2.33. The highest BCUT2D eigenvalue weighted by molar-refractivity contribution is 6.00. The van der Waals surface area contributed by atoms with Gasteiger partial charge in [-0.2, -0.15) is 0 Å². The van der Waals surface area contributed by atoms with Crippen molar-refractivity contribution in [3.63, 3.8) is 0 Å². The first-order chi connectivity index (χ1) is 26.0. The minimum absolute atomic E-state index is 0.235. The van der Waals surface area contributed by atoms with E-state index in [2.05, 4.69) is 206 Å². The predicted molar refractivity (Wildman–Crippen MR) is 221 cm³/mol.